The maximum atomic E-state index is 13.9. The highest BCUT2D eigenvalue weighted by molar-refractivity contribution is 6.00. The van der Waals surface area contributed by atoms with Crippen LogP contribution in [0, 0.1) is 12.3 Å². The number of terminal acetylenes is 1. The fourth-order valence-corrected chi connectivity index (χ4v) is 6.32. The van der Waals surface area contributed by atoms with Crippen LogP contribution in [-0.2, 0) is 19.1 Å². The van der Waals surface area contributed by atoms with Gasteiger partial charge in [0.05, 0.1) is 30.2 Å². The Bertz CT molecular complexity index is 1560. The maximum Gasteiger partial charge on any atom is 0.338 e. The number of nitrogens with zero attached hydrogens (tertiary/aromatic N) is 2. The molecule has 2 aliphatic rings. The molecule has 3 aromatic carbocycles. The molecule has 3 aromatic rings. The first-order chi connectivity index (χ1) is 21.3. The fourth-order valence-electron chi connectivity index (χ4n) is 6.32. The van der Waals surface area contributed by atoms with Crippen molar-refractivity contribution >= 4 is 11.9 Å². The fraction of sp³-hybridized carbons (Fsp3) is 0.297. The second-order valence-electron chi connectivity index (χ2n) is 11.2. The molecule has 44 heavy (non-hydrogen) atoms. The Labute approximate surface area is 260 Å². The molecular weight excluding hydrogens is 550 g/mol. The SMILES string of the molecule is C#Cc1cccc(C2C(C(=O)OC)=C(C)NC(C)=C2C(=O)OC(C)N2CCN(C(c3ccccc3)c3ccccc3)CC2)c1. The molecule has 5 rings (SSSR count). The van der Waals surface area contributed by atoms with Crippen LogP contribution in [-0.4, -0.2) is 61.3 Å². The normalized spacial score (nSPS) is 18.4. The molecule has 0 aliphatic carbocycles. The average molecular weight is 590 g/mol. The number of ether oxygens (including phenoxy) is 2. The molecule has 226 valence electrons. The van der Waals surface area contributed by atoms with Gasteiger partial charge in [-0.15, -0.1) is 6.42 Å². The third kappa shape index (κ3) is 6.47. The number of methoxy groups -OCH3 is 1. The van der Waals surface area contributed by atoms with Crippen molar-refractivity contribution in [2.75, 3.05) is 33.3 Å². The Morgan fingerprint density at radius 1 is 0.818 bits per heavy atom. The first-order valence-corrected chi connectivity index (χ1v) is 14.9. The Hall–Kier alpha value is -4.64. The number of hydrogen-bond acceptors (Lipinski definition) is 7. The van der Waals surface area contributed by atoms with Crippen LogP contribution >= 0.6 is 0 Å². The zero-order chi connectivity index (χ0) is 31.2. The van der Waals surface area contributed by atoms with Crippen LogP contribution in [0.5, 0.6) is 0 Å². The quantitative estimate of drug-likeness (QED) is 0.280. The van der Waals surface area contributed by atoms with E-state index in [0.717, 1.165) is 31.7 Å². The van der Waals surface area contributed by atoms with Crippen LogP contribution in [0.25, 0.3) is 0 Å². The third-order valence-corrected chi connectivity index (χ3v) is 8.51. The van der Waals surface area contributed by atoms with Gasteiger partial charge in [0.1, 0.15) is 0 Å². The Morgan fingerprint density at radius 2 is 1.36 bits per heavy atom. The van der Waals surface area contributed by atoms with Gasteiger partial charge in [0.15, 0.2) is 6.23 Å². The number of rotatable bonds is 8. The largest absolute Gasteiger partial charge is 0.466 e. The van der Waals surface area contributed by atoms with Crippen molar-refractivity contribution in [2.24, 2.45) is 0 Å². The molecule has 0 radical (unpaired) electrons. The molecule has 0 aromatic heterocycles. The van der Waals surface area contributed by atoms with Gasteiger partial charge in [0, 0.05) is 43.1 Å². The lowest BCUT2D eigenvalue weighted by Gasteiger charge is -2.41. The number of carbonyl (C=O) groups is 2. The zero-order valence-electron chi connectivity index (χ0n) is 25.7. The molecule has 2 atom stereocenters. The van der Waals surface area contributed by atoms with Gasteiger partial charge in [0.2, 0.25) is 0 Å². The predicted octanol–water partition coefficient (Wildman–Crippen LogP) is 5.37. The van der Waals surface area contributed by atoms with Crippen LogP contribution in [0.2, 0.25) is 0 Å². The topological polar surface area (TPSA) is 71.1 Å². The van der Waals surface area contributed by atoms with E-state index < -0.39 is 24.1 Å². The van der Waals surface area contributed by atoms with Crippen molar-refractivity contribution in [3.8, 4) is 12.3 Å². The van der Waals surface area contributed by atoms with E-state index in [9.17, 15) is 9.59 Å². The smallest absolute Gasteiger partial charge is 0.338 e. The van der Waals surface area contributed by atoms with Gasteiger partial charge in [0.25, 0.3) is 0 Å². The maximum absolute atomic E-state index is 13.9. The van der Waals surface area contributed by atoms with Gasteiger partial charge in [-0.05, 0) is 49.6 Å². The minimum atomic E-state index is -0.689. The highest BCUT2D eigenvalue weighted by Crippen LogP contribution is 2.40. The molecular formula is C37H39N3O4. The van der Waals surface area contributed by atoms with Crippen molar-refractivity contribution < 1.29 is 19.1 Å². The van der Waals surface area contributed by atoms with Gasteiger partial charge < -0.3 is 14.8 Å². The standard InChI is InChI=1S/C37H39N3O4/c1-6-28-14-13-19-31(24-28)34-32(36(41)43-5)25(2)38-26(3)33(34)37(42)44-27(4)39-20-22-40(23-21-39)35(29-15-9-7-10-16-29)30-17-11-8-12-18-30/h1,7-19,24,27,34-35,38H,20-23H2,2-5H3. The summed E-state index contributed by atoms with van der Waals surface area (Å²) in [6, 6.07) is 28.6. The summed E-state index contributed by atoms with van der Waals surface area (Å²) in [4.78, 5) is 31.6. The second kappa shape index (κ2) is 13.8. The summed E-state index contributed by atoms with van der Waals surface area (Å²) in [5.74, 6) is 0.960. The lowest BCUT2D eigenvalue weighted by Crippen LogP contribution is -2.51. The van der Waals surface area contributed by atoms with Crippen molar-refractivity contribution in [2.45, 2.75) is 39.0 Å². The van der Waals surface area contributed by atoms with Gasteiger partial charge in [-0.3, -0.25) is 9.80 Å². The van der Waals surface area contributed by atoms with Gasteiger partial charge in [-0.1, -0.05) is 78.7 Å². The molecule has 2 unspecified atom stereocenters. The van der Waals surface area contributed by atoms with E-state index >= 15 is 0 Å². The summed E-state index contributed by atoms with van der Waals surface area (Å²) >= 11 is 0. The summed E-state index contributed by atoms with van der Waals surface area (Å²) in [5.41, 5.74) is 5.86. The number of dihydropyridines is 1. The molecule has 0 amide bonds. The zero-order valence-corrected chi connectivity index (χ0v) is 25.7. The van der Waals surface area contributed by atoms with E-state index in [0.29, 0.717) is 28.1 Å². The summed E-state index contributed by atoms with van der Waals surface area (Å²) in [7, 11) is 1.34. The second-order valence-corrected chi connectivity index (χ2v) is 11.2. The van der Waals surface area contributed by atoms with Crippen LogP contribution in [0.1, 0.15) is 55.0 Å². The predicted molar refractivity (Wildman–Crippen MR) is 171 cm³/mol. The molecule has 0 saturated carbocycles. The molecule has 7 nitrogen and oxygen atoms in total. The molecule has 2 aliphatic heterocycles. The Balaban J connectivity index is 1.34. The van der Waals surface area contributed by atoms with Crippen molar-refractivity contribution in [3.63, 3.8) is 0 Å². The lowest BCUT2D eigenvalue weighted by atomic mass is 9.80. The lowest BCUT2D eigenvalue weighted by molar-refractivity contribution is -0.155. The number of hydrogen-bond donors (Lipinski definition) is 1. The molecule has 7 heteroatoms. The van der Waals surface area contributed by atoms with E-state index in [1.54, 1.807) is 6.92 Å². The Kier molecular flexibility index (Phi) is 9.64. The number of nitrogens with one attached hydrogen (secondary N) is 1. The number of carbonyl (C=O) groups excluding carboxylic acids is 2. The first kappa shape index (κ1) is 30.8. The molecule has 1 N–H and O–H groups in total. The highest BCUT2D eigenvalue weighted by Gasteiger charge is 2.39. The number of allylic oxidation sites excluding steroid dienone is 2. The highest BCUT2D eigenvalue weighted by atomic mass is 16.6. The summed E-state index contributed by atoms with van der Waals surface area (Å²) in [6.07, 6.45) is 5.21. The number of esters is 2. The minimum absolute atomic E-state index is 0.143. The van der Waals surface area contributed by atoms with Crippen LogP contribution in [0.3, 0.4) is 0 Å². The molecule has 2 heterocycles. The monoisotopic (exact) mass is 589 g/mol. The van der Waals surface area contributed by atoms with E-state index in [1.165, 1.54) is 18.2 Å². The molecule has 0 bridgehead atoms. The molecule has 1 saturated heterocycles. The summed E-state index contributed by atoms with van der Waals surface area (Å²) in [5, 5.41) is 3.20. The Morgan fingerprint density at radius 3 is 1.91 bits per heavy atom. The average Bonchev–Trinajstić information content (AvgIpc) is 3.05. The van der Waals surface area contributed by atoms with Crippen molar-refractivity contribution in [1.82, 2.24) is 15.1 Å². The minimum Gasteiger partial charge on any atom is -0.466 e. The van der Waals surface area contributed by atoms with E-state index in [4.69, 9.17) is 15.9 Å². The van der Waals surface area contributed by atoms with Crippen LogP contribution in [0.15, 0.2) is 107 Å². The van der Waals surface area contributed by atoms with Crippen molar-refractivity contribution in [3.05, 3.63) is 130 Å². The molecule has 1 fully saturated rings. The summed E-state index contributed by atoms with van der Waals surface area (Å²) in [6.45, 7) is 8.63. The van der Waals surface area contributed by atoms with Crippen molar-refractivity contribution in [1.29, 1.82) is 0 Å². The summed E-state index contributed by atoms with van der Waals surface area (Å²) < 4.78 is 11.3. The van der Waals surface area contributed by atoms with E-state index in [-0.39, 0.29) is 6.04 Å². The van der Waals surface area contributed by atoms with Gasteiger partial charge in [-0.25, -0.2) is 9.59 Å². The van der Waals surface area contributed by atoms with Crippen LogP contribution < -0.4 is 5.32 Å². The van der Waals surface area contributed by atoms with Gasteiger partial charge >= 0.3 is 11.9 Å². The third-order valence-electron chi connectivity index (χ3n) is 8.51. The van der Waals surface area contributed by atoms with E-state index in [2.05, 4.69) is 69.6 Å². The van der Waals surface area contributed by atoms with E-state index in [1.807, 2.05) is 50.2 Å². The number of piperazine rings is 1. The first-order valence-electron chi connectivity index (χ1n) is 14.9. The number of benzene rings is 3. The van der Waals surface area contributed by atoms with Crippen LogP contribution in [0.4, 0.5) is 0 Å². The van der Waals surface area contributed by atoms with Gasteiger partial charge in [-0.2, -0.15) is 0 Å². The molecule has 0 spiro atoms.